The second-order valence-electron chi connectivity index (χ2n) is 5.63. The van der Waals surface area contributed by atoms with Crippen molar-refractivity contribution in [1.82, 2.24) is 15.1 Å². The third-order valence-corrected chi connectivity index (χ3v) is 5.03. The first-order valence-electron chi connectivity index (χ1n) is 7.63. The van der Waals surface area contributed by atoms with E-state index in [1.165, 1.54) is 17.4 Å². The van der Waals surface area contributed by atoms with E-state index in [1.54, 1.807) is 18.0 Å². The number of hydrogen-bond acceptors (Lipinski definition) is 7. The molecule has 9 heteroatoms. The number of aromatic nitrogens is 2. The fraction of sp³-hybridized carbons (Fsp3) is 0.400. The van der Waals surface area contributed by atoms with Crippen molar-refractivity contribution in [2.24, 2.45) is 0 Å². The minimum absolute atomic E-state index is 0.0163. The van der Waals surface area contributed by atoms with Crippen LogP contribution in [-0.4, -0.2) is 45.1 Å². The molecule has 1 amide bonds. The normalized spacial score (nSPS) is 15.3. The number of likely N-dealkylation sites (tertiary alicyclic amines) is 1. The smallest absolute Gasteiger partial charge is 0.283 e. The molecule has 2 aromatic rings. The fourth-order valence-electron chi connectivity index (χ4n) is 2.73. The third-order valence-electron chi connectivity index (χ3n) is 4.01. The van der Waals surface area contributed by atoms with Crippen molar-refractivity contribution in [2.75, 3.05) is 18.4 Å². The van der Waals surface area contributed by atoms with Crippen molar-refractivity contribution < 1.29 is 9.72 Å². The predicted octanol–water partition coefficient (Wildman–Crippen LogP) is 2.47. The van der Waals surface area contributed by atoms with Crippen LogP contribution in [0.3, 0.4) is 0 Å². The highest BCUT2D eigenvalue weighted by molar-refractivity contribution is 7.14. The van der Waals surface area contributed by atoms with Gasteiger partial charge in [0.25, 0.3) is 11.6 Å². The number of carbonyl (C=O) groups is 1. The van der Waals surface area contributed by atoms with Gasteiger partial charge in [-0.3, -0.25) is 14.9 Å². The van der Waals surface area contributed by atoms with E-state index in [2.05, 4.69) is 15.5 Å². The molecule has 1 N–H and O–H groups in total. The van der Waals surface area contributed by atoms with E-state index in [0.717, 1.165) is 18.7 Å². The van der Waals surface area contributed by atoms with Crippen LogP contribution in [0, 0.1) is 17.0 Å². The summed E-state index contributed by atoms with van der Waals surface area (Å²) in [5, 5.41) is 22.1. The van der Waals surface area contributed by atoms with Gasteiger partial charge in [-0.2, -0.15) is 5.10 Å². The summed E-state index contributed by atoms with van der Waals surface area (Å²) in [6.07, 6.45) is 3.22. The van der Waals surface area contributed by atoms with Gasteiger partial charge in [0.15, 0.2) is 0 Å². The Morgan fingerprint density at radius 1 is 1.46 bits per heavy atom. The largest absolute Gasteiger partial charge is 0.366 e. The maximum atomic E-state index is 12.5. The van der Waals surface area contributed by atoms with Crippen molar-refractivity contribution in [1.29, 1.82) is 0 Å². The van der Waals surface area contributed by atoms with Gasteiger partial charge in [-0.25, -0.2) is 0 Å². The first-order chi connectivity index (χ1) is 11.5. The maximum absolute atomic E-state index is 12.5. The molecule has 0 unspecified atom stereocenters. The summed E-state index contributed by atoms with van der Waals surface area (Å²) in [6.45, 7) is 2.89. The number of hydrogen-bond donors (Lipinski definition) is 1. The Bertz CT molecular complexity index is 741. The topological polar surface area (TPSA) is 101 Å². The van der Waals surface area contributed by atoms with Gasteiger partial charge < -0.3 is 10.2 Å². The molecule has 8 nitrogen and oxygen atoms in total. The average molecular weight is 347 g/mol. The van der Waals surface area contributed by atoms with Gasteiger partial charge in [0, 0.05) is 31.4 Å². The van der Waals surface area contributed by atoms with Gasteiger partial charge in [-0.05, 0) is 31.9 Å². The third kappa shape index (κ3) is 3.51. The number of nitrogens with zero attached hydrogens (tertiary/aromatic N) is 4. The van der Waals surface area contributed by atoms with E-state index in [1.807, 2.05) is 12.1 Å². The zero-order valence-corrected chi connectivity index (χ0v) is 14.0. The predicted molar refractivity (Wildman–Crippen MR) is 90.3 cm³/mol. The van der Waals surface area contributed by atoms with Crippen LogP contribution < -0.4 is 5.32 Å². The van der Waals surface area contributed by atoms with Crippen LogP contribution in [0.15, 0.2) is 24.4 Å². The second kappa shape index (κ2) is 6.91. The SMILES string of the molecule is Cc1sc(C(=O)N2CCC(Nc3cccnn3)CC2)cc1[N+](=O)[O-]. The molecule has 1 aliphatic rings. The highest BCUT2D eigenvalue weighted by atomic mass is 32.1. The first kappa shape index (κ1) is 16.3. The lowest BCUT2D eigenvalue weighted by Gasteiger charge is -2.32. The number of carbonyl (C=O) groups excluding carboxylic acids is 1. The molecule has 0 spiro atoms. The van der Waals surface area contributed by atoms with E-state index >= 15 is 0 Å². The Hall–Kier alpha value is -2.55. The second-order valence-corrected chi connectivity index (χ2v) is 6.89. The molecule has 0 aromatic carbocycles. The van der Waals surface area contributed by atoms with E-state index in [0.29, 0.717) is 22.8 Å². The number of aryl methyl sites for hydroxylation is 1. The Balaban J connectivity index is 1.59. The Morgan fingerprint density at radius 3 is 2.79 bits per heavy atom. The van der Waals surface area contributed by atoms with Gasteiger partial charge in [0.05, 0.1) is 14.7 Å². The van der Waals surface area contributed by atoms with Crippen molar-refractivity contribution in [3.63, 3.8) is 0 Å². The van der Waals surface area contributed by atoms with Crippen LogP contribution in [0.2, 0.25) is 0 Å². The summed E-state index contributed by atoms with van der Waals surface area (Å²) in [7, 11) is 0. The molecule has 126 valence electrons. The van der Waals surface area contributed by atoms with Gasteiger partial charge in [-0.1, -0.05) is 0 Å². The van der Waals surface area contributed by atoms with Crippen LogP contribution in [0.5, 0.6) is 0 Å². The minimum atomic E-state index is -0.445. The number of rotatable bonds is 4. The minimum Gasteiger partial charge on any atom is -0.366 e. The Labute approximate surface area is 142 Å². The fourth-order valence-corrected chi connectivity index (χ4v) is 3.68. The molecule has 1 fully saturated rings. The van der Waals surface area contributed by atoms with Crippen LogP contribution in [0.25, 0.3) is 0 Å². The van der Waals surface area contributed by atoms with Gasteiger partial charge in [0.2, 0.25) is 0 Å². The molecular formula is C15H17N5O3S. The maximum Gasteiger partial charge on any atom is 0.283 e. The van der Waals surface area contributed by atoms with Crippen LogP contribution >= 0.6 is 11.3 Å². The number of nitro groups is 1. The lowest BCUT2D eigenvalue weighted by Crippen LogP contribution is -2.42. The number of anilines is 1. The van der Waals surface area contributed by atoms with Gasteiger partial charge in [-0.15, -0.1) is 16.4 Å². The number of nitrogens with one attached hydrogen (secondary N) is 1. The van der Waals surface area contributed by atoms with Crippen LogP contribution in [0.4, 0.5) is 11.5 Å². The number of thiophene rings is 1. The Kier molecular flexibility index (Phi) is 4.70. The van der Waals surface area contributed by atoms with Crippen LogP contribution in [-0.2, 0) is 0 Å². The van der Waals surface area contributed by atoms with Crippen molar-refractivity contribution in [3.8, 4) is 0 Å². The highest BCUT2D eigenvalue weighted by Crippen LogP contribution is 2.29. The molecule has 0 saturated carbocycles. The van der Waals surface area contributed by atoms with Gasteiger partial charge in [0.1, 0.15) is 5.82 Å². The zero-order valence-electron chi connectivity index (χ0n) is 13.1. The molecule has 0 aliphatic carbocycles. The zero-order chi connectivity index (χ0) is 17.1. The molecule has 0 radical (unpaired) electrons. The van der Waals surface area contributed by atoms with E-state index in [9.17, 15) is 14.9 Å². The van der Waals surface area contributed by atoms with Crippen molar-refractivity contribution in [2.45, 2.75) is 25.8 Å². The lowest BCUT2D eigenvalue weighted by molar-refractivity contribution is -0.385. The quantitative estimate of drug-likeness (QED) is 0.673. The average Bonchev–Trinajstić information content (AvgIpc) is 2.98. The summed E-state index contributed by atoms with van der Waals surface area (Å²) < 4.78 is 0. The highest BCUT2D eigenvalue weighted by Gasteiger charge is 2.27. The number of amides is 1. The Morgan fingerprint density at radius 2 is 2.21 bits per heavy atom. The molecular weight excluding hydrogens is 330 g/mol. The summed E-state index contributed by atoms with van der Waals surface area (Å²) in [5.74, 6) is 0.598. The molecule has 3 rings (SSSR count). The summed E-state index contributed by atoms with van der Waals surface area (Å²) >= 11 is 1.18. The van der Waals surface area contributed by atoms with Gasteiger partial charge >= 0.3 is 0 Å². The van der Waals surface area contributed by atoms with Crippen molar-refractivity contribution in [3.05, 3.63) is 44.3 Å². The first-order valence-corrected chi connectivity index (χ1v) is 8.44. The molecule has 1 aliphatic heterocycles. The lowest BCUT2D eigenvalue weighted by atomic mass is 10.0. The monoisotopic (exact) mass is 347 g/mol. The van der Waals surface area contributed by atoms with E-state index < -0.39 is 4.92 Å². The standard InChI is InChI=1S/C15H17N5O3S/c1-10-12(20(22)23)9-13(24-10)15(21)19-7-4-11(5-8-19)17-14-3-2-6-16-18-14/h2-3,6,9,11H,4-5,7-8H2,1H3,(H,17,18). The molecule has 3 heterocycles. The molecule has 0 atom stereocenters. The summed E-state index contributed by atoms with van der Waals surface area (Å²) in [6, 6.07) is 5.30. The van der Waals surface area contributed by atoms with Crippen LogP contribution in [0.1, 0.15) is 27.4 Å². The molecule has 0 bridgehead atoms. The molecule has 24 heavy (non-hydrogen) atoms. The summed E-state index contributed by atoms with van der Waals surface area (Å²) in [5.41, 5.74) is 0.0163. The molecule has 2 aromatic heterocycles. The number of piperidine rings is 1. The van der Waals surface area contributed by atoms with Crippen molar-refractivity contribution >= 4 is 28.7 Å². The summed E-state index contributed by atoms with van der Waals surface area (Å²) in [4.78, 5) is 25.7. The molecule has 1 saturated heterocycles. The van der Waals surface area contributed by atoms with E-state index in [-0.39, 0.29) is 17.6 Å². The van der Waals surface area contributed by atoms with E-state index in [4.69, 9.17) is 0 Å².